The number of rotatable bonds is 5. The first-order valence-corrected chi connectivity index (χ1v) is 7.18. The molecule has 22 heavy (non-hydrogen) atoms. The molecule has 0 aliphatic carbocycles. The largest absolute Gasteiger partial charge is 0.385 e. The van der Waals surface area contributed by atoms with E-state index in [-0.39, 0.29) is 5.82 Å². The van der Waals surface area contributed by atoms with Crippen LogP contribution in [0.15, 0.2) is 54.9 Å². The van der Waals surface area contributed by atoms with E-state index >= 15 is 0 Å². The molecule has 0 saturated carbocycles. The van der Waals surface area contributed by atoms with Crippen molar-refractivity contribution in [2.45, 2.75) is 13.3 Å². The lowest BCUT2D eigenvalue weighted by molar-refractivity contribution is 0.627. The third-order valence-electron chi connectivity index (χ3n) is 3.34. The van der Waals surface area contributed by atoms with E-state index in [9.17, 15) is 4.39 Å². The molecule has 0 atom stereocenters. The molecule has 0 amide bonds. The Morgan fingerprint density at radius 2 is 1.95 bits per heavy atom. The Balaban J connectivity index is 1.59. The Morgan fingerprint density at radius 3 is 2.73 bits per heavy atom. The van der Waals surface area contributed by atoms with Crippen LogP contribution in [0.1, 0.15) is 11.4 Å². The van der Waals surface area contributed by atoms with Gasteiger partial charge < -0.3 is 5.32 Å². The van der Waals surface area contributed by atoms with Gasteiger partial charge in [0.1, 0.15) is 5.82 Å². The lowest BCUT2D eigenvalue weighted by Crippen LogP contribution is -2.06. The second-order valence-electron chi connectivity index (χ2n) is 5.09. The summed E-state index contributed by atoms with van der Waals surface area (Å²) >= 11 is 0. The van der Waals surface area contributed by atoms with Crippen LogP contribution in [0, 0.1) is 12.7 Å². The highest BCUT2D eigenvalue weighted by molar-refractivity contribution is 5.43. The van der Waals surface area contributed by atoms with Crippen molar-refractivity contribution in [2.75, 3.05) is 11.9 Å². The Hall–Kier alpha value is -2.69. The molecule has 0 spiro atoms. The fraction of sp³-hybridized carbons (Fsp3) is 0.176. The Kier molecular flexibility index (Phi) is 4.14. The molecule has 0 radical (unpaired) electrons. The summed E-state index contributed by atoms with van der Waals surface area (Å²) < 4.78 is 14.7. The van der Waals surface area contributed by atoms with Gasteiger partial charge in [0.15, 0.2) is 0 Å². The first kappa shape index (κ1) is 14.3. The van der Waals surface area contributed by atoms with Gasteiger partial charge in [-0.15, -0.1) is 0 Å². The van der Waals surface area contributed by atoms with Gasteiger partial charge in [-0.3, -0.25) is 4.98 Å². The van der Waals surface area contributed by atoms with Crippen LogP contribution >= 0.6 is 0 Å². The lowest BCUT2D eigenvalue weighted by Gasteiger charge is -2.05. The summed E-state index contributed by atoms with van der Waals surface area (Å²) in [5.74, 6) is -0.243. The molecule has 2 aromatic heterocycles. The van der Waals surface area contributed by atoms with E-state index < -0.39 is 0 Å². The molecular formula is C17H17FN4. The Morgan fingerprint density at radius 1 is 1.14 bits per heavy atom. The summed E-state index contributed by atoms with van der Waals surface area (Å²) in [4.78, 5) is 4.17. The number of hydrogen-bond acceptors (Lipinski definition) is 3. The number of halogens is 1. The second-order valence-corrected chi connectivity index (χ2v) is 5.09. The summed E-state index contributed by atoms with van der Waals surface area (Å²) in [5.41, 5.74) is 3.89. The van der Waals surface area contributed by atoms with Gasteiger partial charge in [-0.05, 0) is 49.4 Å². The maximum Gasteiger partial charge on any atom is 0.123 e. The molecular weight excluding hydrogens is 279 g/mol. The van der Waals surface area contributed by atoms with Gasteiger partial charge in [0, 0.05) is 36.7 Å². The van der Waals surface area contributed by atoms with E-state index in [0.717, 1.165) is 35.7 Å². The van der Waals surface area contributed by atoms with Crippen LogP contribution in [0.25, 0.3) is 5.69 Å². The van der Waals surface area contributed by atoms with E-state index in [1.165, 1.54) is 12.1 Å². The van der Waals surface area contributed by atoms with E-state index in [1.807, 2.05) is 31.3 Å². The molecule has 5 heteroatoms. The number of nitrogens with zero attached hydrogens (tertiary/aromatic N) is 3. The van der Waals surface area contributed by atoms with Crippen molar-refractivity contribution in [1.82, 2.24) is 14.8 Å². The molecule has 0 bridgehead atoms. The molecule has 0 fully saturated rings. The maximum atomic E-state index is 12.9. The van der Waals surface area contributed by atoms with Crippen LogP contribution in [0.4, 0.5) is 10.1 Å². The van der Waals surface area contributed by atoms with E-state index in [0.29, 0.717) is 0 Å². The van der Waals surface area contributed by atoms with Crippen molar-refractivity contribution in [3.63, 3.8) is 0 Å². The minimum Gasteiger partial charge on any atom is -0.385 e. The normalized spacial score (nSPS) is 10.6. The van der Waals surface area contributed by atoms with Crippen molar-refractivity contribution < 1.29 is 4.39 Å². The molecule has 3 aromatic rings. The summed E-state index contributed by atoms with van der Waals surface area (Å²) in [6.07, 6.45) is 4.50. The second kappa shape index (κ2) is 6.39. The summed E-state index contributed by atoms with van der Waals surface area (Å²) in [6, 6.07) is 12.2. The minimum absolute atomic E-state index is 0.243. The molecule has 0 aliphatic heterocycles. The first-order valence-electron chi connectivity index (χ1n) is 7.18. The molecule has 0 aliphatic rings. The summed E-state index contributed by atoms with van der Waals surface area (Å²) in [6.45, 7) is 2.76. The van der Waals surface area contributed by atoms with E-state index in [4.69, 9.17) is 0 Å². The highest BCUT2D eigenvalue weighted by atomic mass is 19.1. The number of hydrogen-bond donors (Lipinski definition) is 1. The van der Waals surface area contributed by atoms with Crippen LogP contribution in [-0.2, 0) is 6.42 Å². The number of benzene rings is 1. The zero-order valence-corrected chi connectivity index (χ0v) is 12.3. The third-order valence-corrected chi connectivity index (χ3v) is 3.34. The number of pyridine rings is 1. The minimum atomic E-state index is -0.243. The Labute approximate surface area is 128 Å². The van der Waals surface area contributed by atoms with Crippen molar-refractivity contribution in [3.05, 3.63) is 72.1 Å². The van der Waals surface area contributed by atoms with Crippen LogP contribution in [0.5, 0.6) is 0 Å². The quantitative estimate of drug-likeness (QED) is 0.785. The number of aryl methyl sites for hydroxylation is 1. The lowest BCUT2D eigenvalue weighted by atomic mass is 10.3. The van der Waals surface area contributed by atoms with Crippen LogP contribution in [0.3, 0.4) is 0 Å². The Bertz CT molecular complexity index is 749. The van der Waals surface area contributed by atoms with E-state index in [1.54, 1.807) is 23.0 Å². The fourth-order valence-corrected chi connectivity index (χ4v) is 2.22. The van der Waals surface area contributed by atoms with E-state index in [2.05, 4.69) is 15.4 Å². The zero-order chi connectivity index (χ0) is 15.4. The average Bonchev–Trinajstić information content (AvgIpc) is 2.97. The molecule has 112 valence electrons. The van der Waals surface area contributed by atoms with Gasteiger partial charge in [0.2, 0.25) is 0 Å². The SMILES string of the molecule is Cc1cc(NCCc2ccn(-c3ccc(F)cc3)n2)ccn1. The van der Waals surface area contributed by atoms with Crippen molar-refractivity contribution in [1.29, 1.82) is 0 Å². The van der Waals surface area contributed by atoms with Crippen molar-refractivity contribution >= 4 is 5.69 Å². The summed E-state index contributed by atoms with van der Waals surface area (Å²) in [5, 5.41) is 7.85. The highest BCUT2D eigenvalue weighted by Gasteiger charge is 2.02. The van der Waals surface area contributed by atoms with Crippen LogP contribution < -0.4 is 5.32 Å². The van der Waals surface area contributed by atoms with Crippen LogP contribution in [0.2, 0.25) is 0 Å². The number of nitrogens with one attached hydrogen (secondary N) is 1. The molecule has 4 nitrogen and oxygen atoms in total. The van der Waals surface area contributed by atoms with Gasteiger partial charge in [0.05, 0.1) is 11.4 Å². The molecule has 0 unspecified atom stereocenters. The van der Waals surface area contributed by atoms with Gasteiger partial charge in [-0.1, -0.05) is 0 Å². The number of aromatic nitrogens is 3. The van der Waals surface area contributed by atoms with Gasteiger partial charge in [0.25, 0.3) is 0 Å². The summed E-state index contributed by atoms with van der Waals surface area (Å²) in [7, 11) is 0. The third kappa shape index (κ3) is 3.49. The topological polar surface area (TPSA) is 42.7 Å². The van der Waals surface area contributed by atoms with Crippen molar-refractivity contribution in [3.8, 4) is 5.69 Å². The molecule has 3 rings (SSSR count). The molecule has 1 N–H and O–H groups in total. The first-order chi connectivity index (χ1) is 10.7. The van der Waals surface area contributed by atoms with Crippen LogP contribution in [-0.4, -0.2) is 21.3 Å². The fourth-order valence-electron chi connectivity index (χ4n) is 2.22. The van der Waals surface area contributed by atoms with Crippen molar-refractivity contribution in [2.24, 2.45) is 0 Å². The predicted molar refractivity (Wildman–Crippen MR) is 84.7 cm³/mol. The standard InChI is InChI=1S/C17H17FN4/c1-13-12-16(7-9-19-13)20-10-6-15-8-11-22(21-15)17-4-2-14(18)3-5-17/h2-5,7-9,11-12H,6,10H2,1H3,(H,19,20). The monoisotopic (exact) mass is 296 g/mol. The molecule has 0 saturated heterocycles. The average molecular weight is 296 g/mol. The smallest absolute Gasteiger partial charge is 0.123 e. The predicted octanol–water partition coefficient (Wildman–Crippen LogP) is 3.37. The highest BCUT2D eigenvalue weighted by Crippen LogP contribution is 2.10. The van der Waals surface area contributed by atoms with Gasteiger partial charge >= 0.3 is 0 Å². The number of anilines is 1. The zero-order valence-electron chi connectivity index (χ0n) is 12.3. The van der Waals surface area contributed by atoms with Gasteiger partial charge in [-0.2, -0.15) is 5.10 Å². The molecule has 2 heterocycles. The van der Waals surface area contributed by atoms with Gasteiger partial charge in [-0.25, -0.2) is 9.07 Å². The molecule has 1 aromatic carbocycles. The maximum absolute atomic E-state index is 12.9.